The molecule has 160 valence electrons. The minimum absolute atomic E-state index is 0.0120. The van der Waals surface area contributed by atoms with Crippen molar-refractivity contribution in [1.82, 2.24) is 0 Å². The van der Waals surface area contributed by atoms with E-state index in [1.165, 1.54) is 18.9 Å². The van der Waals surface area contributed by atoms with E-state index in [1.54, 1.807) is 54.6 Å². The lowest BCUT2D eigenvalue weighted by atomic mass is 9.96. The Kier molecular flexibility index (Phi) is 6.40. The molecule has 31 heavy (non-hydrogen) atoms. The van der Waals surface area contributed by atoms with Gasteiger partial charge in [-0.05, 0) is 36.8 Å². The van der Waals surface area contributed by atoms with E-state index >= 15 is 0 Å². The molecule has 2 N–H and O–H groups in total. The number of anilines is 1. The highest BCUT2D eigenvalue weighted by Crippen LogP contribution is 2.43. The number of aliphatic hydroxyl groups excluding tert-OH is 2. The molecule has 0 saturated heterocycles. The van der Waals surface area contributed by atoms with Crippen molar-refractivity contribution in [3.63, 3.8) is 0 Å². The van der Waals surface area contributed by atoms with E-state index < -0.39 is 35.2 Å². The van der Waals surface area contributed by atoms with Crippen molar-refractivity contribution < 1.29 is 34.1 Å². The zero-order chi connectivity index (χ0) is 22.5. The van der Waals surface area contributed by atoms with Crippen LogP contribution in [0, 0.1) is 0 Å². The number of carbonyl (C=O) groups excluding carboxylic acids is 3. The van der Waals surface area contributed by atoms with Crippen molar-refractivity contribution in [3.8, 4) is 5.75 Å². The predicted molar refractivity (Wildman–Crippen MR) is 112 cm³/mol. The van der Waals surface area contributed by atoms with Crippen LogP contribution in [0.15, 0.2) is 77.8 Å². The summed E-state index contributed by atoms with van der Waals surface area (Å²) in [7, 11) is 1.51. The maximum atomic E-state index is 12.9. The van der Waals surface area contributed by atoms with E-state index in [2.05, 4.69) is 4.74 Å². The fourth-order valence-electron chi connectivity index (χ4n) is 3.29. The molecular weight excluding hydrogens is 402 g/mol. The molecule has 0 aliphatic carbocycles. The number of amides is 1. The smallest absolute Gasteiger partial charge is 0.379 e. The molecule has 1 amide bonds. The number of aliphatic hydroxyl groups is 2. The molecule has 1 atom stereocenters. The van der Waals surface area contributed by atoms with Crippen LogP contribution in [0.2, 0.25) is 0 Å². The topological polar surface area (TPSA) is 113 Å². The highest BCUT2D eigenvalue weighted by Gasteiger charge is 2.43. The minimum atomic E-state index is -1.15. The van der Waals surface area contributed by atoms with Gasteiger partial charge in [0, 0.05) is 11.8 Å². The zero-order valence-corrected chi connectivity index (χ0v) is 16.9. The summed E-state index contributed by atoms with van der Waals surface area (Å²) in [5.74, 6) is -3.88. The lowest BCUT2D eigenvalue weighted by Gasteiger charge is -2.27. The molecule has 2 aromatic rings. The number of nitrogens with zero attached hydrogens (tertiary/aromatic N) is 1. The molecule has 0 unspecified atom stereocenters. The van der Waals surface area contributed by atoms with Crippen LogP contribution >= 0.6 is 0 Å². The third-order valence-corrected chi connectivity index (χ3v) is 4.69. The summed E-state index contributed by atoms with van der Waals surface area (Å²) in [6.45, 7) is 1.53. The summed E-state index contributed by atoms with van der Waals surface area (Å²) in [5.41, 5.74) is 0.816. The zero-order valence-electron chi connectivity index (χ0n) is 16.9. The number of benzene rings is 2. The third-order valence-electron chi connectivity index (χ3n) is 4.69. The van der Waals surface area contributed by atoms with E-state index in [1.807, 2.05) is 0 Å². The molecule has 0 bridgehead atoms. The SMILES string of the molecule is CCOC(=O)C(=O)C=C(O)C1=C(O)C(=O)N(c2ccccc2)[C@H]1c1ccc(OC)cc1. The second-order valence-electron chi connectivity index (χ2n) is 6.56. The van der Waals surface area contributed by atoms with Crippen molar-refractivity contribution in [3.05, 3.63) is 83.3 Å². The van der Waals surface area contributed by atoms with Crippen LogP contribution in [0.4, 0.5) is 5.69 Å². The van der Waals surface area contributed by atoms with E-state index in [4.69, 9.17) is 4.74 Å². The Morgan fingerprint density at radius 1 is 1.10 bits per heavy atom. The highest BCUT2D eigenvalue weighted by atomic mass is 16.5. The van der Waals surface area contributed by atoms with Crippen molar-refractivity contribution in [2.24, 2.45) is 0 Å². The quantitative estimate of drug-likeness (QED) is 0.304. The standard InChI is InChI=1S/C23H21NO7/c1-3-31-23(29)18(26)13-17(25)19-20(14-9-11-16(30-2)12-10-14)24(22(28)21(19)27)15-7-5-4-6-8-15/h4-13,20,25,27H,3H2,1-2H3/t20-/m0/s1. The van der Waals surface area contributed by atoms with Gasteiger partial charge in [0.2, 0.25) is 0 Å². The van der Waals surface area contributed by atoms with Gasteiger partial charge in [0.15, 0.2) is 5.76 Å². The Bertz CT molecular complexity index is 1060. The van der Waals surface area contributed by atoms with Crippen LogP contribution in [0.3, 0.4) is 0 Å². The average Bonchev–Trinajstić information content (AvgIpc) is 3.05. The van der Waals surface area contributed by atoms with Crippen LogP contribution in [0.25, 0.3) is 0 Å². The van der Waals surface area contributed by atoms with Crippen LogP contribution in [-0.2, 0) is 19.1 Å². The lowest BCUT2D eigenvalue weighted by molar-refractivity contribution is -0.151. The Labute approximate surface area is 178 Å². The van der Waals surface area contributed by atoms with E-state index in [-0.39, 0.29) is 12.2 Å². The summed E-state index contributed by atoms with van der Waals surface area (Å²) in [5, 5.41) is 21.2. The first-order chi connectivity index (χ1) is 14.9. The number of ether oxygens (including phenoxy) is 2. The number of methoxy groups -OCH3 is 1. The van der Waals surface area contributed by atoms with Gasteiger partial charge in [-0.2, -0.15) is 0 Å². The molecule has 3 rings (SSSR count). The first-order valence-corrected chi connectivity index (χ1v) is 9.46. The molecule has 0 saturated carbocycles. The van der Waals surface area contributed by atoms with Gasteiger partial charge in [0.1, 0.15) is 11.5 Å². The van der Waals surface area contributed by atoms with Crippen molar-refractivity contribution in [2.45, 2.75) is 13.0 Å². The molecular formula is C23H21NO7. The van der Waals surface area contributed by atoms with Crippen LogP contribution in [0.5, 0.6) is 5.75 Å². The van der Waals surface area contributed by atoms with E-state index in [0.717, 1.165) is 0 Å². The number of hydrogen-bond donors (Lipinski definition) is 2. The summed E-state index contributed by atoms with van der Waals surface area (Å²) in [6.07, 6.45) is 0.641. The first-order valence-electron chi connectivity index (χ1n) is 9.46. The van der Waals surface area contributed by atoms with Gasteiger partial charge in [0.25, 0.3) is 11.7 Å². The molecule has 1 heterocycles. The number of hydrogen-bond acceptors (Lipinski definition) is 7. The molecule has 8 heteroatoms. The van der Waals surface area contributed by atoms with Gasteiger partial charge in [-0.3, -0.25) is 14.5 Å². The number of para-hydroxylation sites is 1. The van der Waals surface area contributed by atoms with Gasteiger partial charge in [0.05, 0.1) is 25.3 Å². The fraction of sp³-hybridized carbons (Fsp3) is 0.174. The normalized spacial score (nSPS) is 16.5. The molecule has 0 radical (unpaired) electrons. The monoisotopic (exact) mass is 423 g/mol. The second-order valence-corrected chi connectivity index (χ2v) is 6.56. The Balaban J connectivity index is 2.11. The average molecular weight is 423 g/mol. The van der Waals surface area contributed by atoms with Crippen molar-refractivity contribution in [2.75, 3.05) is 18.6 Å². The van der Waals surface area contributed by atoms with Crippen LogP contribution in [0.1, 0.15) is 18.5 Å². The molecule has 8 nitrogen and oxygen atoms in total. The van der Waals surface area contributed by atoms with Gasteiger partial charge < -0.3 is 19.7 Å². The van der Waals surface area contributed by atoms with Gasteiger partial charge >= 0.3 is 5.97 Å². The van der Waals surface area contributed by atoms with Crippen LogP contribution in [-0.4, -0.2) is 41.6 Å². The predicted octanol–water partition coefficient (Wildman–Crippen LogP) is 3.17. The Morgan fingerprint density at radius 2 is 1.74 bits per heavy atom. The minimum Gasteiger partial charge on any atom is -0.507 e. The summed E-state index contributed by atoms with van der Waals surface area (Å²) >= 11 is 0. The van der Waals surface area contributed by atoms with Crippen molar-refractivity contribution in [1.29, 1.82) is 0 Å². The largest absolute Gasteiger partial charge is 0.507 e. The Hall–Kier alpha value is -4.07. The molecule has 1 aliphatic rings. The number of esters is 1. The maximum Gasteiger partial charge on any atom is 0.379 e. The summed E-state index contributed by atoms with van der Waals surface area (Å²) < 4.78 is 9.79. The molecule has 0 fully saturated rings. The van der Waals surface area contributed by atoms with E-state index in [9.17, 15) is 24.6 Å². The maximum absolute atomic E-state index is 12.9. The van der Waals surface area contributed by atoms with E-state index in [0.29, 0.717) is 23.1 Å². The van der Waals surface area contributed by atoms with Crippen LogP contribution < -0.4 is 9.64 Å². The molecule has 0 aromatic heterocycles. The second kappa shape index (κ2) is 9.17. The van der Waals surface area contributed by atoms with Gasteiger partial charge in [-0.25, -0.2) is 4.79 Å². The van der Waals surface area contributed by atoms with Gasteiger partial charge in [-0.1, -0.05) is 30.3 Å². The Morgan fingerprint density at radius 3 is 2.32 bits per heavy atom. The van der Waals surface area contributed by atoms with Crippen molar-refractivity contribution >= 4 is 23.3 Å². The highest BCUT2D eigenvalue weighted by molar-refractivity contribution is 6.38. The first kappa shape index (κ1) is 21.6. The molecule has 2 aromatic carbocycles. The summed E-state index contributed by atoms with van der Waals surface area (Å²) in [6, 6.07) is 14.3. The molecule has 0 spiro atoms. The number of rotatable bonds is 7. The lowest BCUT2D eigenvalue weighted by Crippen LogP contribution is -2.30. The summed E-state index contributed by atoms with van der Waals surface area (Å²) in [4.78, 5) is 37.9. The third kappa shape index (κ3) is 4.28. The fourth-order valence-corrected chi connectivity index (χ4v) is 3.29. The number of ketones is 1. The molecule has 1 aliphatic heterocycles. The van der Waals surface area contributed by atoms with Gasteiger partial charge in [-0.15, -0.1) is 0 Å². The number of carbonyl (C=O) groups is 3.